The van der Waals surface area contributed by atoms with Gasteiger partial charge in [0.2, 0.25) is 0 Å². The molecular formula is C13H14ClN3. The largest absolute Gasteiger partial charge is 0.387 e. The van der Waals surface area contributed by atoms with Gasteiger partial charge in [0.25, 0.3) is 0 Å². The highest BCUT2D eigenvalue weighted by Crippen LogP contribution is 2.06. The molecule has 0 fully saturated rings. The van der Waals surface area contributed by atoms with Crippen molar-refractivity contribution in [1.82, 2.24) is 4.98 Å². The van der Waals surface area contributed by atoms with Crippen LogP contribution in [-0.4, -0.2) is 10.8 Å². The third-order valence-electron chi connectivity index (χ3n) is 2.14. The van der Waals surface area contributed by atoms with E-state index in [0.29, 0.717) is 18.1 Å². The highest BCUT2D eigenvalue weighted by molar-refractivity contribution is 5.85. The van der Waals surface area contributed by atoms with Crippen molar-refractivity contribution >= 4 is 24.1 Å². The van der Waals surface area contributed by atoms with E-state index in [2.05, 4.69) is 9.98 Å². The summed E-state index contributed by atoms with van der Waals surface area (Å²) in [4.78, 5) is 8.33. The lowest BCUT2D eigenvalue weighted by Gasteiger charge is -2.00. The van der Waals surface area contributed by atoms with Crippen molar-refractivity contribution in [2.75, 3.05) is 0 Å². The van der Waals surface area contributed by atoms with E-state index in [1.54, 1.807) is 6.20 Å². The lowest BCUT2D eigenvalue weighted by Crippen LogP contribution is -2.14. The molecule has 1 heterocycles. The fourth-order valence-corrected chi connectivity index (χ4v) is 1.41. The number of hydrogen-bond donors (Lipinski definition) is 1. The van der Waals surface area contributed by atoms with Crippen LogP contribution in [0.25, 0.3) is 0 Å². The molecule has 0 spiro atoms. The van der Waals surface area contributed by atoms with E-state index in [1.807, 2.05) is 48.5 Å². The molecule has 1 aromatic carbocycles. The minimum atomic E-state index is 0. The molecule has 0 saturated carbocycles. The average Bonchev–Trinajstić information content (AvgIpc) is 2.31. The second-order valence-corrected chi connectivity index (χ2v) is 3.45. The predicted molar refractivity (Wildman–Crippen MR) is 72.9 cm³/mol. The van der Waals surface area contributed by atoms with Gasteiger partial charge in [-0.05, 0) is 17.7 Å². The maximum absolute atomic E-state index is 5.85. The van der Waals surface area contributed by atoms with Crippen LogP contribution in [0.2, 0.25) is 0 Å². The van der Waals surface area contributed by atoms with Crippen LogP contribution in [-0.2, 0) is 6.42 Å². The highest BCUT2D eigenvalue weighted by atomic mass is 35.5. The Morgan fingerprint density at radius 2 is 1.76 bits per heavy atom. The normalized spacial score (nSPS) is 10.7. The van der Waals surface area contributed by atoms with Crippen molar-refractivity contribution in [3.8, 4) is 0 Å². The molecule has 1 aromatic heterocycles. The van der Waals surface area contributed by atoms with Gasteiger partial charge >= 0.3 is 0 Å². The van der Waals surface area contributed by atoms with E-state index < -0.39 is 0 Å². The van der Waals surface area contributed by atoms with Gasteiger partial charge in [0.15, 0.2) is 5.82 Å². The van der Waals surface area contributed by atoms with E-state index in [4.69, 9.17) is 5.73 Å². The molecule has 2 aromatic rings. The number of hydrogen-bond acceptors (Lipinski definition) is 2. The number of halogens is 1. The minimum absolute atomic E-state index is 0. The Morgan fingerprint density at radius 1 is 1.06 bits per heavy atom. The summed E-state index contributed by atoms with van der Waals surface area (Å²) in [6, 6.07) is 15.6. The fraction of sp³-hybridized carbons (Fsp3) is 0.0769. The second kappa shape index (κ2) is 6.66. The summed E-state index contributed by atoms with van der Waals surface area (Å²) < 4.78 is 0. The van der Waals surface area contributed by atoms with Crippen molar-refractivity contribution < 1.29 is 0 Å². The molecular weight excluding hydrogens is 234 g/mol. The number of nitrogens with zero attached hydrogens (tertiary/aromatic N) is 2. The van der Waals surface area contributed by atoms with Crippen LogP contribution >= 0.6 is 12.4 Å². The van der Waals surface area contributed by atoms with Gasteiger partial charge in [0, 0.05) is 12.6 Å². The van der Waals surface area contributed by atoms with Crippen LogP contribution in [0.3, 0.4) is 0 Å². The van der Waals surface area contributed by atoms with E-state index in [-0.39, 0.29) is 12.4 Å². The van der Waals surface area contributed by atoms with Crippen LogP contribution in [0, 0.1) is 0 Å². The van der Waals surface area contributed by atoms with Gasteiger partial charge < -0.3 is 5.73 Å². The first kappa shape index (κ1) is 13.2. The summed E-state index contributed by atoms with van der Waals surface area (Å²) in [5.74, 6) is 1.22. The lowest BCUT2D eigenvalue weighted by atomic mass is 10.1. The number of aromatic nitrogens is 1. The third kappa shape index (κ3) is 4.25. The van der Waals surface area contributed by atoms with Gasteiger partial charge in [0.05, 0.1) is 0 Å². The molecule has 0 atom stereocenters. The topological polar surface area (TPSA) is 51.3 Å². The van der Waals surface area contributed by atoms with Crippen LogP contribution in [0.4, 0.5) is 5.82 Å². The molecule has 0 amide bonds. The lowest BCUT2D eigenvalue weighted by molar-refractivity contribution is 1.22. The molecule has 0 unspecified atom stereocenters. The van der Waals surface area contributed by atoms with E-state index >= 15 is 0 Å². The monoisotopic (exact) mass is 247 g/mol. The Balaban J connectivity index is 0.00000144. The van der Waals surface area contributed by atoms with E-state index in [9.17, 15) is 0 Å². The zero-order chi connectivity index (χ0) is 11.2. The van der Waals surface area contributed by atoms with Gasteiger partial charge in [-0.3, -0.25) is 0 Å². The molecule has 0 saturated heterocycles. The summed E-state index contributed by atoms with van der Waals surface area (Å²) >= 11 is 0. The van der Waals surface area contributed by atoms with Gasteiger partial charge in [0.1, 0.15) is 5.84 Å². The Kier molecular flexibility index (Phi) is 5.17. The molecule has 2 rings (SSSR count). The fourth-order valence-electron chi connectivity index (χ4n) is 1.41. The average molecular weight is 248 g/mol. The molecule has 2 N–H and O–H groups in total. The molecule has 17 heavy (non-hydrogen) atoms. The van der Waals surface area contributed by atoms with E-state index in [1.165, 1.54) is 0 Å². The summed E-state index contributed by atoms with van der Waals surface area (Å²) in [5, 5.41) is 0. The van der Waals surface area contributed by atoms with Crippen molar-refractivity contribution in [2.45, 2.75) is 6.42 Å². The molecule has 0 aliphatic rings. The summed E-state index contributed by atoms with van der Waals surface area (Å²) in [6.45, 7) is 0. The summed E-state index contributed by atoms with van der Waals surface area (Å²) in [6.07, 6.45) is 2.35. The Bertz CT molecular complexity index is 469. The first-order valence-electron chi connectivity index (χ1n) is 5.12. The van der Waals surface area contributed by atoms with E-state index in [0.717, 1.165) is 5.56 Å². The van der Waals surface area contributed by atoms with Gasteiger partial charge in [-0.1, -0.05) is 36.4 Å². The highest BCUT2D eigenvalue weighted by Gasteiger charge is 1.96. The Labute approximate surface area is 107 Å². The molecule has 0 aliphatic heterocycles. The standard InChI is InChI=1S/C13H13N3.ClH/c14-12(10-11-6-2-1-3-7-11)16-13-8-4-5-9-15-13;/h1-9H,10H2,(H2,14,15,16);1H. The van der Waals surface area contributed by atoms with Gasteiger partial charge in [-0.25, -0.2) is 9.98 Å². The Hall–Kier alpha value is -1.87. The first-order valence-corrected chi connectivity index (χ1v) is 5.12. The molecule has 88 valence electrons. The predicted octanol–water partition coefficient (Wildman–Crippen LogP) is 2.73. The maximum atomic E-state index is 5.85. The van der Waals surface area contributed by atoms with Crippen LogP contribution < -0.4 is 5.73 Å². The SMILES string of the molecule is Cl.N/C(Cc1ccccc1)=N\c1ccccn1. The molecule has 0 aliphatic carbocycles. The smallest absolute Gasteiger partial charge is 0.153 e. The van der Waals surface area contributed by atoms with Gasteiger partial charge in [-0.2, -0.15) is 0 Å². The number of rotatable bonds is 3. The van der Waals surface area contributed by atoms with Crippen molar-refractivity contribution in [3.63, 3.8) is 0 Å². The number of amidine groups is 1. The summed E-state index contributed by atoms with van der Waals surface area (Å²) in [5.41, 5.74) is 7.00. The minimum Gasteiger partial charge on any atom is -0.387 e. The van der Waals surface area contributed by atoms with Crippen LogP contribution in [0.15, 0.2) is 59.7 Å². The van der Waals surface area contributed by atoms with Crippen molar-refractivity contribution in [2.24, 2.45) is 10.7 Å². The number of pyridine rings is 1. The number of benzene rings is 1. The molecule has 4 heteroatoms. The van der Waals surface area contributed by atoms with Crippen molar-refractivity contribution in [1.29, 1.82) is 0 Å². The van der Waals surface area contributed by atoms with Crippen LogP contribution in [0.1, 0.15) is 5.56 Å². The summed E-state index contributed by atoms with van der Waals surface area (Å²) in [7, 11) is 0. The molecule has 3 nitrogen and oxygen atoms in total. The van der Waals surface area contributed by atoms with Gasteiger partial charge in [-0.15, -0.1) is 12.4 Å². The third-order valence-corrected chi connectivity index (χ3v) is 2.14. The zero-order valence-corrected chi connectivity index (χ0v) is 10.1. The van der Waals surface area contributed by atoms with Crippen molar-refractivity contribution in [3.05, 3.63) is 60.3 Å². The molecule has 0 radical (unpaired) electrons. The zero-order valence-electron chi connectivity index (χ0n) is 9.28. The Morgan fingerprint density at radius 3 is 2.41 bits per heavy atom. The molecule has 0 bridgehead atoms. The second-order valence-electron chi connectivity index (χ2n) is 3.45. The van der Waals surface area contributed by atoms with Crippen LogP contribution in [0.5, 0.6) is 0 Å². The first-order chi connectivity index (χ1) is 7.84. The maximum Gasteiger partial charge on any atom is 0.153 e. The number of aliphatic imine (C=N–C) groups is 1. The number of nitrogens with two attached hydrogens (primary N) is 1. The quantitative estimate of drug-likeness (QED) is 0.670.